The molecule has 22 heavy (non-hydrogen) atoms. The summed E-state index contributed by atoms with van der Waals surface area (Å²) in [6, 6.07) is 12.1. The van der Waals surface area contributed by atoms with Gasteiger partial charge in [0.1, 0.15) is 5.69 Å². The summed E-state index contributed by atoms with van der Waals surface area (Å²) in [5.41, 5.74) is 1.94. The van der Waals surface area contributed by atoms with Gasteiger partial charge in [-0.2, -0.15) is 5.10 Å². The quantitative estimate of drug-likeness (QED) is 0.866. The molecular formula is C17H21N3O2. The number of rotatable bonds is 4. The Morgan fingerprint density at radius 2 is 2.14 bits per heavy atom. The number of morpholine rings is 1. The molecule has 2 heterocycles. The van der Waals surface area contributed by atoms with Gasteiger partial charge in [0.05, 0.1) is 12.7 Å². The van der Waals surface area contributed by atoms with E-state index in [9.17, 15) is 4.79 Å². The van der Waals surface area contributed by atoms with Crippen LogP contribution in [-0.4, -0.2) is 46.4 Å². The largest absolute Gasteiger partial charge is 0.375 e. The summed E-state index contributed by atoms with van der Waals surface area (Å²) in [6.45, 7) is 1.89. The van der Waals surface area contributed by atoms with Crippen LogP contribution in [0, 0.1) is 0 Å². The van der Waals surface area contributed by atoms with Gasteiger partial charge in [-0.25, -0.2) is 0 Å². The van der Waals surface area contributed by atoms with E-state index in [1.54, 1.807) is 24.0 Å². The smallest absolute Gasteiger partial charge is 0.272 e. The van der Waals surface area contributed by atoms with Crippen LogP contribution in [0.2, 0.25) is 0 Å². The van der Waals surface area contributed by atoms with Gasteiger partial charge in [-0.05, 0) is 24.5 Å². The lowest BCUT2D eigenvalue weighted by atomic mass is 10.1. The third-order valence-electron chi connectivity index (χ3n) is 4.06. The molecule has 1 aliphatic heterocycles. The second-order valence-electron chi connectivity index (χ2n) is 5.61. The number of aromatic nitrogens is 2. The molecule has 0 aliphatic carbocycles. The van der Waals surface area contributed by atoms with Crippen LogP contribution in [0.25, 0.3) is 0 Å². The van der Waals surface area contributed by atoms with Crippen molar-refractivity contribution in [3.63, 3.8) is 0 Å². The first-order chi connectivity index (χ1) is 10.7. The van der Waals surface area contributed by atoms with E-state index in [1.165, 1.54) is 5.56 Å². The molecule has 0 spiro atoms. The summed E-state index contributed by atoms with van der Waals surface area (Å²) in [5.74, 6) is 0.0352. The maximum absolute atomic E-state index is 12.5. The van der Waals surface area contributed by atoms with E-state index in [-0.39, 0.29) is 12.0 Å². The highest BCUT2D eigenvalue weighted by Gasteiger charge is 2.26. The van der Waals surface area contributed by atoms with Crippen LogP contribution in [0.4, 0.5) is 0 Å². The van der Waals surface area contributed by atoms with Crippen molar-refractivity contribution in [2.75, 3.05) is 19.7 Å². The molecule has 0 N–H and O–H groups in total. The molecule has 5 nitrogen and oxygen atoms in total. The van der Waals surface area contributed by atoms with Crippen LogP contribution < -0.4 is 0 Å². The zero-order chi connectivity index (χ0) is 15.4. The lowest BCUT2D eigenvalue weighted by molar-refractivity contribution is -0.0249. The molecule has 1 fully saturated rings. The molecular weight excluding hydrogens is 278 g/mol. The van der Waals surface area contributed by atoms with Crippen LogP contribution in [-0.2, 0) is 18.2 Å². The maximum Gasteiger partial charge on any atom is 0.272 e. The third kappa shape index (κ3) is 3.36. The SMILES string of the molecule is Cn1nccc1C(=O)N1CCO[C@@H](CCc2ccccc2)C1. The minimum Gasteiger partial charge on any atom is -0.375 e. The number of benzene rings is 1. The molecule has 116 valence electrons. The van der Waals surface area contributed by atoms with Crippen LogP contribution >= 0.6 is 0 Å². The maximum atomic E-state index is 12.5. The molecule has 1 atom stereocenters. The average Bonchev–Trinajstić information content (AvgIpc) is 2.99. The van der Waals surface area contributed by atoms with Gasteiger partial charge in [0, 0.05) is 26.3 Å². The Balaban J connectivity index is 1.57. The Bertz CT molecular complexity index is 624. The van der Waals surface area contributed by atoms with Crippen molar-refractivity contribution < 1.29 is 9.53 Å². The van der Waals surface area contributed by atoms with Crippen molar-refractivity contribution >= 4 is 5.91 Å². The van der Waals surface area contributed by atoms with E-state index in [0.717, 1.165) is 12.8 Å². The first-order valence-corrected chi connectivity index (χ1v) is 7.67. The minimum atomic E-state index is 0.0352. The highest BCUT2D eigenvalue weighted by molar-refractivity contribution is 5.92. The molecule has 3 rings (SSSR count). The molecule has 0 bridgehead atoms. The second kappa shape index (κ2) is 6.75. The molecule has 1 aromatic heterocycles. The lowest BCUT2D eigenvalue weighted by Gasteiger charge is -2.33. The van der Waals surface area contributed by atoms with E-state index in [1.807, 2.05) is 11.0 Å². The van der Waals surface area contributed by atoms with E-state index in [0.29, 0.717) is 25.4 Å². The van der Waals surface area contributed by atoms with E-state index in [4.69, 9.17) is 4.74 Å². The van der Waals surface area contributed by atoms with Crippen molar-refractivity contribution in [1.82, 2.24) is 14.7 Å². The number of aryl methyl sites for hydroxylation is 2. The van der Waals surface area contributed by atoms with Gasteiger partial charge in [0.25, 0.3) is 5.91 Å². The fourth-order valence-corrected chi connectivity index (χ4v) is 2.80. The topological polar surface area (TPSA) is 47.4 Å². The number of nitrogens with zero attached hydrogens (tertiary/aromatic N) is 3. The standard InChI is InChI=1S/C17H21N3O2/c1-19-16(9-10-18-19)17(21)20-11-12-22-15(13-20)8-7-14-5-3-2-4-6-14/h2-6,9-10,15H,7-8,11-13H2,1H3/t15-/m0/s1. The van der Waals surface area contributed by atoms with Crippen LogP contribution in [0.3, 0.4) is 0 Å². The summed E-state index contributed by atoms with van der Waals surface area (Å²) in [7, 11) is 1.79. The van der Waals surface area contributed by atoms with Gasteiger partial charge in [-0.1, -0.05) is 30.3 Å². The van der Waals surface area contributed by atoms with Crippen molar-refractivity contribution in [2.24, 2.45) is 7.05 Å². The summed E-state index contributed by atoms with van der Waals surface area (Å²) in [4.78, 5) is 14.4. The summed E-state index contributed by atoms with van der Waals surface area (Å²) in [5, 5.41) is 4.07. The number of amides is 1. The molecule has 1 saturated heterocycles. The van der Waals surface area contributed by atoms with E-state index < -0.39 is 0 Å². The van der Waals surface area contributed by atoms with Crippen molar-refractivity contribution in [3.05, 3.63) is 53.9 Å². The van der Waals surface area contributed by atoms with Gasteiger partial charge >= 0.3 is 0 Å². The monoisotopic (exact) mass is 299 g/mol. The molecule has 1 aliphatic rings. The number of ether oxygens (including phenoxy) is 1. The van der Waals surface area contributed by atoms with Crippen molar-refractivity contribution in [1.29, 1.82) is 0 Å². The predicted octanol–water partition coefficient (Wildman–Crippen LogP) is 1.89. The zero-order valence-electron chi connectivity index (χ0n) is 12.8. The summed E-state index contributed by atoms with van der Waals surface area (Å²) < 4.78 is 7.43. The van der Waals surface area contributed by atoms with Crippen LogP contribution in [0.1, 0.15) is 22.5 Å². The predicted molar refractivity (Wildman–Crippen MR) is 83.6 cm³/mol. The second-order valence-corrected chi connectivity index (χ2v) is 5.61. The van der Waals surface area contributed by atoms with Crippen molar-refractivity contribution in [3.8, 4) is 0 Å². The molecule has 0 saturated carbocycles. The molecule has 1 amide bonds. The normalized spacial score (nSPS) is 18.4. The van der Waals surface area contributed by atoms with Gasteiger partial charge in [0.15, 0.2) is 0 Å². The number of hydrogen-bond donors (Lipinski definition) is 0. The molecule has 0 unspecified atom stereocenters. The molecule has 5 heteroatoms. The average molecular weight is 299 g/mol. The lowest BCUT2D eigenvalue weighted by Crippen LogP contribution is -2.46. The highest BCUT2D eigenvalue weighted by Crippen LogP contribution is 2.14. The Morgan fingerprint density at radius 1 is 1.32 bits per heavy atom. The fraction of sp³-hybridized carbons (Fsp3) is 0.412. The summed E-state index contributed by atoms with van der Waals surface area (Å²) >= 11 is 0. The Hall–Kier alpha value is -2.14. The Kier molecular flexibility index (Phi) is 4.53. The minimum absolute atomic E-state index is 0.0352. The van der Waals surface area contributed by atoms with E-state index >= 15 is 0 Å². The first kappa shape index (κ1) is 14.8. The number of carbonyl (C=O) groups is 1. The molecule has 0 radical (unpaired) electrons. The van der Waals surface area contributed by atoms with Gasteiger partial charge in [-0.3, -0.25) is 9.48 Å². The van der Waals surface area contributed by atoms with Gasteiger partial charge in [-0.15, -0.1) is 0 Å². The number of hydrogen-bond acceptors (Lipinski definition) is 3. The van der Waals surface area contributed by atoms with Gasteiger partial charge in [0.2, 0.25) is 0 Å². The highest BCUT2D eigenvalue weighted by atomic mass is 16.5. The van der Waals surface area contributed by atoms with Gasteiger partial charge < -0.3 is 9.64 Å². The molecule has 1 aromatic carbocycles. The number of carbonyl (C=O) groups excluding carboxylic acids is 1. The Labute approximate surface area is 130 Å². The first-order valence-electron chi connectivity index (χ1n) is 7.67. The zero-order valence-corrected chi connectivity index (χ0v) is 12.8. The molecule has 2 aromatic rings. The summed E-state index contributed by atoms with van der Waals surface area (Å²) in [6.07, 6.45) is 3.66. The fourth-order valence-electron chi connectivity index (χ4n) is 2.80. The Morgan fingerprint density at radius 3 is 2.86 bits per heavy atom. The third-order valence-corrected chi connectivity index (χ3v) is 4.06. The van der Waals surface area contributed by atoms with Crippen LogP contribution in [0.15, 0.2) is 42.6 Å². The van der Waals surface area contributed by atoms with Crippen LogP contribution in [0.5, 0.6) is 0 Å². The van der Waals surface area contributed by atoms with Crippen molar-refractivity contribution in [2.45, 2.75) is 18.9 Å². The van der Waals surface area contributed by atoms with E-state index in [2.05, 4.69) is 29.4 Å².